The number of benzene rings is 2. The molecular weight excluding hydrogens is 432 g/mol. The number of rotatable bonds is 5. The van der Waals surface area contributed by atoms with E-state index in [4.69, 9.17) is 0 Å². The Kier molecular flexibility index (Phi) is 4.79. The van der Waals surface area contributed by atoms with Gasteiger partial charge in [-0.05, 0) is 36.6 Å². The van der Waals surface area contributed by atoms with Crippen molar-refractivity contribution < 1.29 is 19.3 Å². The van der Waals surface area contributed by atoms with E-state index in [1.807, 2.05) is 12.3 Å². The van der Waals surface area contributed by atoms with Crippen molar-refractivity contribution in [3.63, 3.8) is 0 Å². The molecule has 0 aromatic heterocycles. The summed E-state index contributed by atoms with van der Waals surface area (Å²) in [6, 6.07) is 12.2. The van der Waals surface area contributed by atoms with Crippen LogP contribution >= 0.6 is 11.8 Å². The number of non-ortho nitro benzene ring substituents is 1. The molecule has 3 amide bonds. The van der Waals surface area contributed by atoms with Crippen molar-refractivity contribution >= 4 is 46.5 Å². The number of hydrogen-bond acceptors (Lipinski definition) is 7. The number of fused-ring (bicyclic) bond motifs is 4. The van der Waals surface area contributed by atoms with Crippen LogP contribution in [0.25, 0.3) is 0 Å². The summed E-state index contributed by atoms with van der Waals surface area (Å²) in [6.07, 6.45) is 2.58. The normalized spacial score (nSPS) is 28.2. The maximum absolute atomic E-state index is 13.7. The first-order valence-electron chi connectivity index (χ1n) is 10.2. The number of imide groups is 1. The van der Waals surface area contributed by atoms with Crippen LogP contribution in [0.4, 0.5) is 17.1 Å². The molecule has 4 atom stereocenters. The summed E-state index contributed by atoms with van der Waals surface area (Å²) in [5.74, 6) is -2.05. The predicted molar refractivity (Wildman–Crippen MR) is 119 cm³/mol. The minimum atomic E-state index is -1.33. The van der Waals surface area contributed by atoms with Gasteiger partial charge in [-0.15, -0.1) is 0 Å². The van der Waals surface area contributed by atoms with Crippen LogP contribution in [0.3, 0.4) is 0 Å². The van der Waals surface area contributed by atoms with Gasteiger partial charge in [0.05, 0.1) is 22.4 Å². The van der Waals surface area contributed by atoms with Crippen LogP contribution in [0, 0.1) is 22.0 Å². The fourth-order valence-electron chi connectivity index (χ4n) is 5.23. The molecular formula is C22H20N4O5S. The summed E-state index contributed by atoms with van der Waals surface area (Å²) < 4.78 is 0. The summed E-state index contributed by atoms with van der Waals surface area (Å²) in [5.41, 5.74) is 0.104. The molecule has 0 aliphatic carbocycles. The van der Waals surface area contributed by atoms with Crippen LogP contribution in [-0.2, 0) is 19.9 Å². The van der Waals surface area contributed by atoms with Gasteiger partial charge < -0.3 is 5.32 Å². The number of nitrogens with one attached hydrogen (secondary N) is 2. The Balaban J connectivity index is 1.61. The number of nitrogens with zero attached hydrogens (tertiary/aromatic N) is 2. The third-order valence-corrected chi connectivity index (χ3v) is 7.22. The molecule has 10 heteroatoms. The standard InChI is InChI=1S/C22H20N4O5S/c1-32-11-10-16-17-18(22(24-16)14-4-2-3-5-15(14)23-21(22)29)20(28)25(19(17)27)12-6-8-13(9-7-12)26(30)31/h2-9,16-18,24H,10-11H2,1H3,(H,23,29)/t16-,17+,18-,22-/m0/s1. The first-order valence-corrected chi connectivity index (χ1v) is 11.6. The van der Waals surface area contributed by atoms with Gasteiger partial charge >= 0.3 is 0 Å². The molecule has 1 spiro atoms. The Morgan fingerprint density at radius 1 is 1.09 bits per heavy atom. The average molecular weight is 452 g/mol. The van der Waals surface area contributed by atoms with Crippen molar-refractivity contribution in [2.75, 3.05) is 22.2 Å². The largest absolute Gasteiger partial charge is 0.324 e. The lowest BCUT2D eigenvalue weighted by atomic mass is 9.76. The van der Waals surface area contributed by atoms with Crippen molar-refractivity contribution in [3.05, 3.63) is 64.2 Å². The molecule has 0 radical (unpaired) electrons. The molecule has 0 saturated carbocycles. The molecule has 9 nitrogen and oxygen atoms in total. The van der Waals surface area contributed by atoms with Crippen LogP contribution in [0.15, 0.2) is 48.5 Å². The highest BCUT2D eigenvalue weighted by atomic mass is 32.2. The molecule has 0 bridgehead atoms. The lowest BCUT2D eigenvalue weighted by molar-refractivity contribution is -0.384. The Labute approximate surface area is 187 Å². The summed E-state index contributed by atoms with van der Waals surface area (Å²) in [6.45, 7) is 0. The van der Waals surface area contributed by atoms with Gasteiger partial charge in [-0.25, -0.2) is 4.90 Å². The van der Waals surface area contributed by atoms with Gasteiger partial charge in [0.25, 0.3) is 5.69 Å². The lowest BCUT2D eigenvalue weighted by Gasteiger charge is -2.29. The van der Waals surface area contributed by atoms with E-state index in [1.54, 1.807) is 30.0 Å². The van der Waals surface area contributed by atoms with E-state index in [0.717, 1.165) is 10.7 Å². The molecule has 3 heterocycles. The number of nitro benzene ring substituents is 1. The maximum Gasteiger partial charge on any atom is 0.269 e. The van der Waals surface area contributed by atoms with Gasteiger partial charge in [-0.1, -0.05) is 18.2 Å². The van der Waals surface area contributed by atoms with E-state index in [-0.39, 0.29) is 29.2 Å². The van der Waals surface area contributed by atoms with E-state index >= 15 is 0 Å². The lowest BCUT2D eigenvalue weighted by Crippen LogP contribution is -2.53. The van der Waals surface area contributed by atoms with E-state index in [2.05, 4.69) is 10.6 Å². The van der Waals surface area contributed by atoms with Gasteiger partial charge in [-0.2, -0.15) is 11.8 Å². The second kappa shape index (κ2) is 7.42. The molecule has 3 aliphatic heterocycles. The second-order valence-electron chi connectivity index (χ2n) is 8.13. The number of nitro groups is 1. The van der Waals surface area contributed by atoms with Crippen molar-refractivity contribution in [3.8, 4) is 0 Å². The smallest absolute Gasteiger partial charge is 0.269 e. The molecule has 2 saturated heterocycles. The fourth-order valence-corrected chi connectivity index (χ4v) is 5.72. The van der Waals surface area contributed by atoms with E-state index in [9.17, 15) is 24.5 Å². The highest BCUT2D eigenvalue weighted by Crippen LogP contribution is 2.54. The van der Waals surface area contributed by atoms with E-state index < -0.39 is 28.2 Å². The Morgan fingerprint density at radius 2 is 1.81 bits per heavy atom. The Hall–Kier alpha value is -3.24. The maximum atomic E-state index is 13.7. The molecule has 2 aromatic rings. The van der Waals surface area contributed by atoms with Crippen molar-refractivity contribution in [1.82, 2.24) is 5.32 Å². The number of carbonyl (C=O) groups is 3. The summed E-state index contributed by atoms with van der Waals surface area (Å²) in [5, 5.41) is 17.2. The zero-order chi connectivity index (χ0) is 22.6. The number of anilines is 2. The second-order valence-corrected chi connectivity index (χ2v) is 9.11. The van der Waals surface area contributed by atoms with Gasteiger partial charge in [0.1, 0.15) is 5.54 Å². The van der Waals surface area contributed by atoms with Crippen LogP contribution in [0.5, 0.6) is 0 Å². The van der Waals surface area contributed by atoms with Crippen LogP contribution in [0.1, 0.15) is 12.0 Å². The predicted octanol–water partition coefficient (Wildman–Crippen LogP) is 2.27. The van der Waals surface area contributed by atoms with Gasteiger partial charge in [-0.3, -0.25) is 29.8 Å². The van der Waals surface area contributed by atoms with E-state index in [0.29, 0.717) is 17.7 Å². The first kappa shape index (κ1) is 20.7. The molecule has 2 fully saturated rings. The monoisotopic (exact) mass is 452 g/mol. The summed E-state index contributed by atoms with van der Waals surface area (Å²) >= 11 is 1.63. The Bertz CT molecular complexity index is 1150. The molecule has 32 heavy (non-hydrogen) atoms. The van der Waals surface area contributed by atoms with Crippen LogP contribution in [-0.4, -0.2) is 40.7 Å². The number of para-hydroxylation sites is 1. The third-order valence-electron chi connectivity index (χ3n) is 6.57. The van der Waals surface area contributed by atoms with E-state index in [1.165, 1.54) is 24.3 Å². The molecule has 3 aliphatic rings. The zero-order valence-electron chi connectivity index (χ0n) is 17.1. The molecule has 0 unspecified atom stereocenters. The highest BCUT2D eigenvalue weighted by Gasteiger charge is 2.70. The Morgan fingerprint density at radius 3 is 2.50 bits per heavy atom. The summed E-state index contributed by atoms with van der Waals surface area (Å²) in [4.78, 5) is 52.1. The topological polar surface area (TPSA) is 122 Å². The minimum Gasteiger partial charge on any atom is -0.324 e. The zero-order valence-corrected chi connectivity index (χ0v) is 17.9. The summed E-state index contributed by atoms with van der Waals surface area (Å²) in [7, 11) is 0. The van der Waals surface area contributed by atoms with Gasteiger partial charge in [0.15, 0.2) is 0 Å². The molecule has 2 N–H and O–H groups in total. The quantitative estimate of drug-likeness (QED) is 0.405. The third kappa shape index (κ3) is 2.72. The first-order chi connectivity index (χ1) is 15.4. The number of hydrogen-bond donors (Lipinski definition) is 2. The number of amides is 3. The molecule has 2 aromatic carbocycles. The van der Waals surface area contributed by atoms with Crippen molar-refractivity contribution in [2.45, 2.75) is 18.0 Å². The SMILES string of the molecule is CSCC[C@@H]1N[C@]2(C(=O)Nc3ccccc32)[C@@H]2C(=O)N(c3ccc([N+](=O)[O-])cc3)C(=O)[C@H]12. The van der Waals surface area contributed by atoms with Crippen LogP contribution in [0.2, 0.25) is 0 Å². The van der Waals surface area contributed by atoms with Gasteiger partial charge in [0.2, 0.25) is 17.7 Å². The molecule has 164 valence electrons. The average Bonchev–Trinajstić information content (AvgIpc) is 3.37. The van der Waals surface area contributed by atoms with Crippen LogP contribution < -0.4 is 15.5 Å². The number of thioether (sulfide) groups is 1. The fraction of sp³-hybridized carbons (Fsp3) is 0.318. The molecule has 5 rings (SSSR count). The highest BCUT2D eigenvalue weighted by molar-refractivity contribution is 7.98. The number of carbonyl (C=O) groups excluding carboxylic acids is 3. The minimum absolute atomic E-state index is 0.131. The van der Waals surface area contributed by atoms with Gasteiger partial charge in [0, 0.05) is 29.4 Å². The van der Waals surface area contributed by atoms with Crippen molar-refractivity contribution in [2.24, 2.45) is 11.8 Å². The van der Waals surface area contributed by atoms with Crippen molar-refractivity contribution in [1.29, 1.82) is 0 Å².